The second kappa shape index (κ2) is 11.5. The summed E-state index contributed by atoms with van der Waals surface area (Å²) >= 11 is 0. The molecule has 3 heteroatoms. The number of furan rings is 1. The van der Waals surface area contributed by atoms with Crippen LogP contribution in [0.4, 0.5) is 17.1 Å². The van der Waals surface area contributed by atoms with Crippen LogP contribution in [0.1, 0.15) is 0 Å². The van der Waals surface area contributed by atoms with Gasteiger partial charge in [-0.15, -0.1) is 0 Å². The smallest absolute Gasteiger partial charge is 0.177 e. The van der Waals surface area contributed by atoms with E-state index in [0.717, 1.165) is 61.0 Å². The molecule has 0 bridgehead atoms. The number of hydrogen-bond donors (Lipinski definition) is 0. The third-order valence-electron chi connectivity index (χ3n) is 9.87. The van der Waals surface area contributed by atoms with Crippen molar-refractivity contribution in [2.45, 2.75) is 0 Å². The van der Waals surface area contributed by atoms with Crippen molar-refractivity contribution in [3.8, 4) is 22.3 Å². The molecule has 2 heterocycles. The molecule has 0 spiro atoms. The van der Waals surface area contributed by atoms with Gasteiger partial charge < -0.3 is 9.32 Å². The minimum atomic E-state index is 0.754. The predicted octanol–water partition coefficient (Wildman–Crippen LogP) is 13.2. The first kappa shape index (κ1) is 28.3. The van der Waals surface area contributed by atoms with Crippen molar-refractivity contribution in [2.24, 2.45) is 0 Å². The first-order valence-corrected chi connectivity index (χ1v) is 17.0. The number of rotatable bonds is 5. The fourth-order valence-corrected chi connectivity index (χ4v) is 7.44. The number of aromatic nitrogens is 1. The van der Waals surface area contributed by atoms with Crippen LogP contribution in [0.3, 0.4) is 0 Å². The fourth-order valence-electron chi connectivity index (χ4n) is 7.44. The maximum Gasteiger partial charge on any atom is 0.177 e. The minimum Gasteiger partial charge on any atom is -0.452 e. The van der Waals surface area contributed by atoms with Gasteiger partial charge in [-0.1, -0.05) is 133 Å². The Morgan fingerprint density at radius 1 is 0.420 bits per heavy atom. The highest BCUT2D eigenvalue weighted by Gasteiger charge is 2.23. The third-order valence-corrected chi connectivity index (χ3v) is 9.87. The lowest BCUT2D eigenvalue weighted by atomic mass is 9.96. The molecule has 0 unspecified atom stereocenters. The van der Waals surface area contributed by atoms with Crippen molar-refractivity contribution in [3.63, 3.8) is 0 Å². The Balaban J connectivity index is 1.20. The van der Waals surface area contributed by atoms with E-state index in [1.807, 2.05) is 6.20 Å². The number of pyridine rings is 1. The van der Waals surface area contributed by atoms with Crippen LogP contribution in [-0.2, 0) is 0 Å². The molecular weight excluding hydrogens is 609 g/mol. The molecular formula is C47H30N2O. The lowest BCUT2D eigenvalue weighted by Gasteiger charge is -2.28. The van der Waals surface area contributed by atoms with E-state index in [2.05, 4.69) is 181 Å². The van der Waals surface area contributed by atoms with Gasteiger partial charge in [0.25, 0.3) is 0 Å². The molecule has 10 aromatic rings. The van der Waals surface area contributed by atoms with Crippen LogP contribution in [-0.4, -0.2) is 4.98 Å². The summed E-state index contributed by atoms with van der Waals surface area (Å²) in [6.45, 7) is 0. The molecule has 0 aliphatic carbocycles. The standard InChI is InChI=1S/C47H30N2O/c1-2-12-34-28-37(21-20-31(34)10-1)32-22-24-38(25-23-32)49(43-19-8-7-17-41(43)40-18-9-15-33-11-5-6-16-39(33)40)44-26-27-48-46-42-29-35-13-3-4-14-36(35)30-45(42)50-47(44)46/h1-30H. The molecule has 0 amide bonds. The Morgan fingerprint density at radius 2 is 1.06 bits per heavy atom. The first-order chi connectivity index (χ1) is 24.8. The Hall–Kier alpha value is -6.71. The highest BCUT2D eigenvalue weighted by Crippen LogP contribution is 2.46. The van der Waals surface area contributed by atoms with Crippen LogP contribution in [0.25, 0.3) is 76.6 Å². The quantitative estimate of drug-likeness (QED) is 0.188. The second-order valence-electron chi connectivity index (χ2n) is 12.8. The summed E-state index contributed by atoms with van der Waals surface area (Å²) in [4.78, 5) is 7.21. The molecule has 0 radical (unpaired) electrons. The molecule has 0 aliphatic heterocycles. The summed E-state index contributed by atoms with van der Waals surface area (Å²) in [6, 6.07) is 62.6. The molecule has 0 N–H and O–H groups in total. The second-order valence-corrected chi connectivity index (χ2v) is 12.8. The molecule has 10 rings (SSSR count). The van der Waals surface area contributed by atoms with Crippen molar-refractivity contribution in [3.05, 3.63) is 182 Å². The SMILES string of the molecule is c1ccc(N(c2ccc(-c3ccc4ccccc4c3)cc2)c2ccnc3c2oc2cc4ccccc4cc23)c(-c2cccc3ccccc23)c1. The Bertz CT molecular complexity index is 2880. The Kier molecular flexibility index (Phi) is 6.49. The molecule has 3 nitrogen and oxygen atoms in total. The molecule has 0 saturated heterocycles. The summed E-state index contributed by atoms with van der Waals surface area (Å²) in [6.07, 6.45) is 1.90. The van der Waals surface area contributed by atoms with Gasteiger partial charge >= 0.3 is 0 Å². The summed E-state index contributed by atoms with van der Waals surface area (Å²) in [5, 5.41) is 8.21. The maximum atomic E-state index is 6.76. The summed E-state index contributed by atoms with van der Waals surface area (Å²) in [7, 11) is 0. The topological polar surface area (TPSA) is 29.3 Å². The Labute approximate surface area is 289 Å². The number of para-hydroxylation sites is 1. The molecule has 234 valence electrons. The van der Waals surface area contributed by atoms with E-state index in [1.54, 1.807) is 0 Å². The van der Waals surface area contributed by atoms with E-state index in [-0.39, 0.29) is 0 Å². The normalized spacial score (nSPS) is 11.6. The van der Waals surface area contributed by atoms with Gasteiger partial charge in [0.2, 0.25) is 0 Å². The highest BCUT2D eigenvalue weighted by molar-refractivity contribution is 6.12. The van der Waals surface area contributed by atoms with Gasteiger partial charge in [-0.3, -0.25) is 4.98 Å². The minimum absolute atomic E-state index is 0.754. The van der Waals surface area contributed by atoms with E-state index in [0.29, 0.717) is 0 Å². The van der Waals surface area contributed by atoms with Gasteiger partial charge in [0.15, 0.2) is 5.58 Å². The number of anilines is 3. The molecule has 0 fully saturated rings. The van der Waals surface area contributed by atoms with Crippen LogP contribution in [0.5, 0.6) is 0 Å². The van der Waals surface area contributed by atoms with Crippen LogP contribution in [0.15, 0.2) is 187 Å². The fraction of sp³-hybridized carbons (Fsp3) is 0. The first-order valence-electron chi connectivity index (χ1n) is 17.0. The molecule has 0 saturated carbocycles. The highest BCUT2D eigenvalue weighted by atomic mass is 16.3. The van der Waals surface area contributed by atoms with Gasteiger partial charge in [0.05, 0.1) is 11.4 Å². The average molecular weight is 639 g/mol. The maximum absolute atomic E-state index is 6.76. The van der Waals surface area contributed by atoms with Gasteiger partial charge in [-0.05, 0) is 91.5 Å². The zero-order chi connectivity index (χ0) is 33.0. The van der Waals surface area contributed by atoms with Crippen LogP contribution < -0.4 is 4.90 Å². The Morgan fingerprint density at radius 3 is 1.90 bits per heavy atom. The lowest BCUT2D eigenvalue weighted by molar-refractivity contribution is 0.669. The molecule has 2 aromatic heterocycles. The van der Waals surface area contributed by atoms with Gasteiger partial charge in [-0.25, -0.2) is 0 Å². The number of benzene rings is 8. The van der Waals surface area contributed by atoms with Crippen LogP contribution in [0.2, 0.25) is 0 Å². The van der Waals surface area contributed by atoms with Crippen molar-refractivity contribution in [2.75, 3.05) is 4.90 Å². The van der Waals surface area contributed by atoms with E-state index >= 15 is 0 Å². The predicted molar refractivity (Wildman–Crippen MR) is 210 cm³/mol. The zero-order valence-corrected chi connectivity index (χ0v) is 27.1. The van der Waals surface area contributed by atoms with E-state index in [4.69, 9.17) is 9.40 Å². The molecule has 0 aliphatic rings. The van der Waals surface area contributed by atoms with Crippen molar-refractivity contribution in [1.82, 2.24) is 4.98 Å². The number of nitrogens with zero attached hydrogens (tertiary/aromatic N) is 2. The number of fused-ring (bicyclic) bond motifs is 6. The third kappa shape index (κ3) is 4.63. The van der Waals surface area contributed by atoms with Crippen LogP contribution >= 0.6 is 0 Å². The van der Waals surface area contributed by atoms with Gasteiger partial charge in [0.1, 0.15) is 11.1 Å². The summed E-state index contributed by atoms with van der Waals surface area (Å²) < 4.78 is 6.76. The average Bonchev–Trinajstić information content (AvgIpc) is 3.55. The van der Waals surface area contributed by atoms with E-state index in [9.17, 15) is 0 Å². The summed E-state index contributed by atoms with van der Waals surface area (Å²) in [5.74, 6) is 0. The zero-order valence-electron chi connectivity index (χ0n) is 27.1. The van der Waals surface area contributed by atoms with Crippen molar-refractivity contribution < 1.29 is 4.42 Å². The van der Waals surface area contributed by atoms with Crippen molar-refractivity contribution >= 4 is 71.4 Å². The van der Waals surface area contributed by atoms with Gasteiger partial charge in [-0.2, -0.15) is 0 Å². The largest absolute Gasteiger partial charge is 0.452 e. The summed E-state index contributed by atoms with van der Waals surface area (Å²) in [5.41, 5.74) is 10.1. The lowest BCUT2D eigenvalue weighted by Crippen LogP contribution is -2.11. The molecule has 0 atom stereocenters. The van der Waals surface area contributed by atoms with Gasteiger partial charge in [0, 0.05) is 22.8 Å². The van der Waals surface area contributed by atoms with E-state index < -0.39 is 0 Å². The monoisotopic (exact) mass is 638 g/mol. The van der Waals surface area contributed by atoms with E-state index in [1.165, 1.54) is 32.7 Å². The number of hydrogen-bond acceptors (Lipinski definition) is 3. The molecule has 50 heavy (non-hydrogen) atoms. The van der Waals surface area contributed by atoms with Crippen LogP contribution in [0, 0.1) is 0 Å². The molecule has 8 aromatic carbocycles. The van der Waals surface area contributed by atoms with Crippen molar-refractivity contribution in [1.29, 1.82) is 0 Å².